The van der Waals surface area contributed by atoms with Gasteiger partial charge in [0.15, 0.2) is 0 Å². The molecule has 2 aliphatic heterocycles. The Bertz CT molecular complexity index is 776. The zero-order valence-electron chi connectivity index (χ0n) is 18.6. The van der Waals surface area contributed by atoms with E-state index in [4.69, 9.17) is 10.1 Å². The first kappa shape index (κ1) is 23.0. The molecule has 5 nitrogen and oxygen atoms in total. The lowest BCUT2D eigenvalue weighted by Crippen LogP contribution is -2.27. The summed E-state index contributed by atoms with van der Waals surface area (Å²) in [5, 5.41) is 13.0. The van der Waals surface area contributed by atoms with Crippen LogP contribution >= 0.6 is 11.8 Å². The number of nitrogens with zero attached hydrogens (tertiary/aromatic N) is 3. The Morgan fingerprint density at radius 1 is 0.967 bits per heavy atom. The third kappa shape index (κ3) is 7.22. The first-order valence-electron chi connectivity index (χ1n) is 11.6. The van der Waals surface area contributed by atoms with Gasteiger partial charge in [-0.15, -0.1) is 5.11 Å². The van der Waals surface area contributed by atoms with Gasteiger partial charge in [-0.1, -0.05) is 68.8 Å². The molecule has 0 saturated carbocycles. The van der Waals surface area contributed by atoms with Crippen LogP contribution in [0.25, 0.3) is 0 Å². The normalized spacial score (nSPS) is 26.2. The summed E-state index contributed by atoms with van der Waals surface area (Å²) < 4.78 is 0. The standard InChI is InChI=1S/C24H36N4OS/c1-19-13-14-20(2)21(18-19)26-23-27-28-24(30-23)15-10-8-6-4-3-5-7-9-12-22(29)25-17-11-16-24/h13-14,18H,3-12,15-17H2,1-2H3,(H,25,29). The number of aryl methyl sites for hydroxylation is 2. The molecule has 1 saturated heterocycles. The maximum absolute atomic E-state index is 12.0. The number of amides is 1. The number of benzene rings is 1. The Balaban J connectivity index is 1.64. The molecule has 0 aliphatic carbocycles. The number of azo groups is 1. The van der Waals surface area contributed by atoms with E-state index < -0.39 is 0 Å². The molecular formula is C24H36N4OS. The Hall–Kier alpha value is -1.69. The van der Waals surface area contributed by atoms with E-state index in [1.807, 2.05) is 0 Å². The lowest BCUT2D eigenvalue weighted by atomic mass is 10.0. The second kappa shape index (κ2) is 11.6. The number of hydrogen-bond donors (Lipinski definition) is 1. The third-order valence-electron chi connectivity index (χ3n) is 5.97. The summed E-state index contributed by atoms with van der Waals surface area (Å²) in [6.45, 7) is 4.89. The van der Waals surface area contributed by atoms with Gasteiger partial charge in [0, 0.05) is 13.0 Å². The number of carbonyl (C=O) groups is 1. The van der Waals surface area contributed by atoms with Crippen LogP contribution in [-0.2, 0) is 4.79 Å². The van der Waals surface area contributed by atoms with Crippen LogP contribution in [0.15, 0.2) is 33.4 Å². The molecule has 30 heavy (non-hydrogen) atoms. The minimum Gasteiger partial charge on any atom is -0.356 e. The highest BCUT2D eigenvalue weighted by atomic mass is 32.2. The summed E-state index contributed by atoms with van der Waals surface area (Å²) in [5.41, 5.74) is 3.34. The molecule has 2 aliphatic rings. The van der Waals surface area contributed by atoms with Crippen molar-refractivity contribution in [2.75, 3.05) is 6.54 Å². The number of amidine groups is 1. The molecule has 0 aromatic heterocycles. The van der Waals surface area contributed by atoms with Gasteiger partial charge in [0.25, 0.3) is 0 Å². The van der Waals surface area contributed by atoms with Gasteiger partial charge >= 0.3 is 0 Å². The largest absolute Gasteiger partial charge is 0.356 e. The van der Waals surface area contributed by atoms with Crippen molar-refractivity contribution in [2.45, 2.75) is 95.8 Å². The van der Waals surface area contributed by atoms with Crippen molar-refractivity contribution >= 4 is 28.5 Å². The topological polar surface area (TPSA) is 66.2 Å². The molecule has 1 atom stereocenters. The van der Waals surface area contributed by atoms with Crippen molar-refractivity contribution in [2.24, 2.45) is 15.2 Å². The van der Waals surface area contributed by atoms with E-state index in [-0.39, 0.29) is 10.8 Å². The molecule has 1 N–H and O–H groups in total. The van der Waals surface area contributed by atoms with Crippen LogP contribution in [0.3, 0.4) is 0 Å². The lowest BCUT2D eigenvalue weighted by Gasteiger charge is -2.23. The van der Waals surface area contributed by atoms with E-state index in [0.717, 1.165) is 48.6 Å². The Labute approximate surface area is 185 Å². The molecule has 1 unspecified atom stereocenters. The summed E-state index contributed by atoms with van der Waals surface area (Å²) >= 11 is 1.72. The number of aliphatic imine (C=N–C) groups is 1. The number of nitrogens with one attached hydrogen (secondary N) is 1. The predicted octanol–water partition coefficient (Wildman–Crippen LogP) is 7.00. The van der Waals surface area contributed by atoms with E-state index in [9.17, 15) is 4.79 Å². The van der Waals surface area contributed by atoms with Crippen LogP contribution in [-0.4, -0.2) is 22.5 Å². The monoisotopic (exact) mass is 428 g/mol. The van der Waals surface area contributed by atoms with Crippen molar-refractivity contribution in [1.82, 2.24) is 5.32 Å². The Morgan fingerprint density at radius 2 is 1.67 bits per heavy atom. The van der Waals surface area contributed by atoms with E-state index >= 15 is 0 Å². The lowest BCUT2D eigenvalue weighted by molar-refractivity contribution is -0.121. The highest BCUT2D eigenvalue weighted by Gasteiger charge is 2.36. The van der Waals surface area contributed by atoms with Crippen LogP contribution in [0.5, 0.6) is 0 Å². The quantitative estimate of drug-likeness (QED) is 0.523. The average molecular weight is 429 g/mol. The fourth-order valence-corrected chi connectivity index (χ4v) is 5.23. The van der Waals surface area contributed by atoms with Crippen LogP contribution in [0.2, 0.25) is 0 Å². The highest BCUT2D eigenvalue weighted by Crippen LogP contribution is 2.44. The molecule has 0 radical (unpaired) electrons. The molecular weight excluding hydrogens is 392 g/mol. The Morgan fingerprint density at radius 3 is 2.47 bits per heavy atom. The molecule has 1 aromatic carbocycles. The molecule has 1 fully saturated rings. The smallest absolute Gasteiger partial charge is 0.219 e. The maximum Gasteiger partial charge on any atom is 0.219 e. The first-order valence-corrected chi connectivity index (χ1v) is 12.4. The van der Waals surface area contributed by atoms with Crippen molar-refractivity contribution in [1.29, 1.82) is 0 Å². The average Bonchev–Trinajstić information content (AvgIpc) is 3.12. The van der Waals surface area contributed by atoms with Gasteiger partial charge in [0.1, 0.15) is 4.87 Å². The van der Waals surface area contributed by atoms with Gasteiger partial charge in [-0.25, -0.2) is 4.99 Å². The summed E-state index contributed by atoms with van der Waals surface area (Å²) in [4.78, 5) is 16.6. The molecule has 1 amide bonds. The predicted molar refractivity (Wildman–Crippen MR) is 127 cm³/mol. The third-order valence-corrected chi connectivity index (χ3v) is 7.19. The second-order valence-electron chi connectivity index (χ2n) is 8.71. The zero-order valence-corrected chi connectivity index (χ0v) is 19.4. The van der Waals surface area contributed by atoms with E-state index in [1.54, 1.807) is 11.8 Å². The van der Waals surface area contributed by atoms with E-state index in [2.05, 4.69) is 42.5 Å². The molecule has 1 aromatic rings. The fraction of sp³-hybridized carbons (Fsp3) is 0.667. The summed E-state index contributed by atoms with van der Waals surface area (Å²) in [7, 11) is 0. The first-order chi connectivity index (χ1) is 14.6. The SMILES string of the molecule is Cc1ccc(C)c(N=C2N=NC3(CCCCCCCCCCC(=O)NCCC3)S2)c1. The van der Waals surface area contributed by atoms with Gasteiger partial charge in [0.2, 0.25) is 11.1 Å². The van der Waals surface area contributed by atoms with Gasteiger partial charge in [-0.2, -0.15) is 5.11 Å². The Kier molecular flexibility index (Phi) is 8.91. The minimum atomic E-state index is -0.224. The van der Waals surface area contributed by atoms with Gasteiger partial charge in [-0.3, -0.25) is 4.79 Å². The van der Waals surface area contributed by atoms with Crippen LogP contribution in [0.1, 0.15) is 88.2 Å². The van der Waals surface area contributed by atoms with Crippen LogP contribution in [0, 0.1) is 13.8 Å². The number of hydrogen-bond acceptors (Lipinski definition) is 4. The summed E-state index contributed by atoms with van der Waals surface area (Å²) in [6, 6.07) is 6.33. The molecule has 2 heterocycles. The van der Waals surface area contributed by atoms with Crippen LogP contribution < -0.4 is 5.32 Å². The molecule has 1 spiro atoms. The molecule has 6 heteroatoms. The van der Waals surface area contributed by atoms with Crippen molar-refractivity contribution in [3.8, 4) is 0 Å². The number of carbonyl (C=O) groups excluding carboxylic acids is 1. The molecule has 3 rings (SSSR count). The summed E-state index contributed by atoms with van der Waals surface area (Å²) in [6.07, 6.45) is 13.3. The van der Waals surface area contributed by atoms with E-state index in [1.165, 1.54) is 50.5 Å². The van der Waals surface area contributed by atoms with E-state index in [0.29, 0.717) is 6.42 Å². The minimum absolute atomic E-state index is 0.189. The van der Waals surface area contributed by atoms with Crippen molar-refractivity contribution in [3.05, 3.63) is 29.3 Å². The van der Waals surface area contributed by atoms with Crippen molar-refractivity contribution < 1.29 is 4.79 Å². The maximum atomic E-state index is 12.0. The van der Waals surface area contributed by atoms with Crippen molar-refractivity contribution in [3.63, 3.8) is 0 Å². The molecule has 0 bridgehead atoms. The zero-order chi connectivity index (χ0) is 21.2. The van der Waals surface area contributed by atoms with Crippen LogP contribution in [0.4, 0.5) is 5.69 Å². The van der Waals surface area contributed by atoms with Gasteiger partial charge in [-0.05, 0) is 56.7 Å². The number of rotatable bonds is 1. The molecule has 164 valence electrons. The summed E-state index contributed by atoms with van der Waals surface area (Å²) in [5.74, 6) is 0.189. The second-order valence-corrected chi connectivity index (χ2v) is 10.0. The fourth-order valence-electron chi connectivity index (χ4n) is 4.09. The number of thioether (sulfide) groups is 1. The highest BCUT2D eigenvalue weighted by molar-refractivity contribution is 8.15. The van der Waals surface area contributed by atoms with Gasteiger partial charge in [0.05, 0.1) is 5.69 Å². The van der Waals surface area contributed by atoms with Gasteiger partial charge < -0.3 is 5.32 Å².